The highest BCUT2D eigenvalue weighted by molar-refractivity contribution is 6.21. The summed E-state index contributed by atoms with van der Waals surface area (Å²) in [6, 6.07) is 7.82. The molecule has 2 heterocycles. The van der Waals surface area contributed by atoms with Gasteiger partial charge in [0.05, 0.1) is 11.8 Å². The molecule has 2 aromatic rings. The number of hydrogen-bond acceptors (Lipinski definition) is 3. The molecule has 3 rings (SSSR count). The SMILES string of the molecule is CC(C)Oc1[nH][nH]c(=O)c1/C=C1/C=Nc2ccccc21. The molecule has 0 saturated heterocycles. The first-order valence-electron chi connectivity index (χ1n) is 6.47. The van der Waals surface area contributed by atoms with Crippen LogP contribution in [0.5, 0.6) is 5.88 Å². The average Bonchev–Trinajstić information content (AvgIpc) is 2.97. The number of fused-ring (bicyclic) bond motifs is 1. The summed E-state index contributed by atoms with van der Waals surface area (Å²) in [5.74, 6) is 0.454. The molecule has 0 aliphatic carbocycles. The third kappa shape index (κ3) is 2.18. The van der Waals surface area contributed by atoms with Gasteiger partial charge in [-0.25, -0.2) is 0 Å². The summed E-state index contributed by atoms with van der Waals surface area (Å²) in [7, 11) is 0. The van der Waals surface area contributed by atoms with E-state index in [9.17, 15) is 4.79 Å². The second-order valence-electron chi connectivity index (χ2n) is 4.86. The Labute approximate surface area is 116 Å². The van der Waals surface area contributed by atoms with E-state index in [-0.39, 0.29) is 11.7 Å². The van der Waals surface area contributed by atoms with Crippen molar-refractivity contribution in [3.8, 4) is 5.88 Å². The lowest BCUT2D eigenvalue weighted by Gasteiger charge is -2.07. The summed E-state index contributed by atoms with van der Waals surface area (Å²) in [4.78, 5) is 16.2. The molecule has 0 radical (unpaired) electrons. The van der Waals surface area contributed by atoms with Gasteiger partial charge in [0.1, 0.15) is 5.56 Å². The molecule has 20 heavy (non-hydrogen) atoms. The predicted molar refractivity (Wildman–Crippen MR) is 79.6 cm³/mol. The van der Waals surface area contributed by atoms with E-state index in [1.165, 1.54) is 0 Å². The van der Waals surface area contributed by atoms with Crippen molar-refractivity contribution in [1.82, 2.24) is 10.2 Å². The highest BCUT2D eigenvalue weighted by Crippen LogP contribution is 2.32. The number of ether oxygens (including phenoxy) is 1. The lowest BCUT2D eigenvalue weighted by atomic mass is 10.1. The van der Waals surface area contributed by atoms with Crippen molar-refractivity contribution in [2.75, 3.05) is 0 Å². The van der Waals surface area contributed by atoms with E-state index >= 15 is 0 Å². The molecule has 0 bridgehead atoms. The van der Waals surface area contributed by atoms with Crippen molar-refractivity contribution in [2.45, 2.75) is 20.0 Å². The van der Waals surface area contributed by atoms with E-state index in [0.29, 0.717) is 11.4 Å². The molecular formula is C15H15N3O2. The standard InChI is InChI=1S/C15H15N3O2/c1-9(2)20-15-12(14(19)17-18-15)7-10-8-16-13-6-4-3-5-11(10)13/h3-9H,1-2H3,(H2,17,18,19)/b10-7-. The minimum absolute atomic E-state index is 0.0110. The second-order valence-corrected chi connectivity index (χ2v) is 4.86. The molecule has 1 aliphatic rings. The van der Waals surface area contributed by atoms with Crippen LogP contribution in [0.4, 0.5) is 5.69 Å². The summed E-state index contributed by atoms with van der Waals surface area (Å²) < 4.78 is 5.59. The molecule has 0 fully saturated rings. The quantitative estimate of drug-likeness (QED) is 0.899. The van der Waals surface area contributed by atoms with Crippen LogP contribution in [0.25, 0.3) is 11.6 Å². The fourth-order valence-corrected chi connectivity index (χ4v) is 2.12. The fraction of sp³-hybridized carbons (Fsp3) is 0.200. The number of allylic oxidation sites excluding steroid dienone is 1. The molecule has 5 heteroatoms. The third-order valence-electron chi connectivity index (χ3n) is 2.99. The average molecular weight is 269 g/mol. The summed E-state index contributed by atoms with van der Waals surface area (Å²) in [5.41, 5.74) is 3.11. The van der Waals surface area contributed by atoms with Crippen molar-refractivity contribution in [3.63, 3.8) is 0 Å². The first-order chi connectivity index (χ1) is 9.65. The van der Waals surface area contributed by atoms with Crippen LogP contribution in [0, 0.1) is 0 Å². The largest absolute Gasteiger partial charge is 0.475 e. The first-order valence-corrected chi connectivity index (χ1v) is 6.47. The van der Waals surface area contributed by atoms with E-state index in [1.807, 2.05) is 38.1 Å². The summed E-state index contributed by atoms with van der Waals surface area (Å²) in [6.07, 6.45) is 3.54. The minimum atomic E-state index is -0.203. The number of para-hydroxylation sites is 1. The van der Waals surface area contributed by atoms with Crippen molar-refractivity contribution in [1.29, 1.82) is 0 Å². The van der Waals surface area contributed by atoms with Crippen LogP contribution in [0.2, 0.25) is 0 Å². The lowest BCUT2D eigenvalue weighted by Crippen LogP contribution is -2.08. The number of aromatic amines is 2. The van der Waals surface area contributed by atoms with Crippen LogP contribution in [-0.2, 0) is 0 Å². The number of nitrogens with zero attached hydrogens (tertiary/aromatic N) is 1. The van der Waals surface area contributed by atoms with Crippen molar-refractivity contribution in [3.05, 3.63) is 45.7 Å². The molecule has 0 spiro atoms. The topological polar surface area (TPSA) is 70.2 Å². The molecule has 1 aromatic heterocycles. The van der Waals surface area contributed by atoms with Gasteiger partial charge < -0.3 is 4.74 Å². The molecule has 102 valence electrons. The zero-order chi connectivity index (χ0) is 14.1. The Morgan fingerprint density at radius 1 is 1.25 bits per heavy atom. The number of H-pyrrole nitrogens is 2. The molecule has 0 unspecified atom stereocenters. The number of benzene rings is 1. The van der Waals surface area contributed by atoms with Gasteiger partial charge in [0.2, 0.25) is 5.88 Å². The molecule has 0 amide bonds. The normalized spacial score (nSPS) is 15.1. The fourth-order valence-electron chi connectivity index (χ4n) is 2.12. The maximum Gasteiger partial charge on any atom is 0.275 e. The maximum atomic E-state index is 11.9. The minimum Gasteiger partial charge on any atom is -0.475 e. The van der Waals surface area contributed by atoms with E-state index in [1.54, 1.807) is 12.3 Å². The Kier molecular flexibility index (Phi) is 3.02. The van der Waals surface area contributed by atoms with Gasteiger partial charge in [-0.1, -0.05) is 18.2 Å². The molecule has 5 nitrogen and oxygen atoms in total. The smallest absolute Gasteiger partial charge is 0.275 e. The van der Waals surface area contributed by atoms with Crippen molar-refractivity contribution < 1.29 is 4.74 Å². The predicted octanol–water partition coefficient (Wildman–Crippen LogP) is 2.75. The highest BCUT2D eigenvalue weighted by atomic mass is 16.5. The van der Waals surface area contributed by atoms with E-state index in [2.05, 4.69) is 15.2 Å². The summed E-state index contributed by atoms with van der Waals surface area (Å²) >= 11 is 0. The maximum absolute atomic E-state index is 11.9. The Morgan fingerprint density at radius 2 is 2.05 bits per heavy atom. The van der Waals surface area contributed by atoms with Gasteiger partial charge in [-0.05, 0) is 26.0 Å². The second kappa shape index (κ2) is 4.85. The Hall–Kier alpha value is -2.56. The number of aliphatic imine (C=N–C) groups is 1. The number of nitrogens with one attached hydrogen (secondary N) is 2. The van der Waals surface area contributed by atoms with Crippen LogP contribution < -0.4 is 10.3 Å². The molecule has 0 atom stereocenters. The van der Waals surface area contributed by atoms with Gasteiger partial charge >= 0.3 is 0 Å². The summed E-state index contributed by atoms with van der Waals surface area (Å²) in [6.45, 7) is 3.82. The van der Waals surface area contributed by atoms with E-state index < -0.39 is 0 Å². The third-order valence-corrected chi connectivity index (χ3v) is 2.99. The zero-order valence-electron chi connectivity index (χ0n) is 11.3. The van der Waals surface area contributed by atoms with Gasteiger partial charge in [0.15, 0.2) is 0 Å². The number of rotatable bonds is 3. The lowest BCUT2D eigenvalue weighted by molar-refractivity contribution is 0.232. The first kappa shape index (κ1) is 12.5. The molecule has 0 saturated carbocycles. The highest BCUT2D eigenvalue weighted by Gasteiger charge is 2.15. The zero-order valence-corrected chi connectivity index (χ0v) is 11.3. The van der Waals surface area contributed by atoms with Crippen LogP contribution in [0.15, 0.2) is 34.1 Å². The van der Waals surface area contributed by atoms with Gasteiger partial charge in [-0.2, -0.15) is 0 Å². The van der Waals surface area contributed by atoms with Crippen LogP contribution in [-0.4, -0.2) is 22.5 Å². The Morgan fingerprint density at radius 3 is 2.85 bits per heavy atom. The molecule has 1 aromatic carbocycles. The molecular weight excluding hydrogens is 254 g/mol. The van der Waals surface area contributed by atoms with E-state index in [0.717, 1.165) is 16.8 Å². The Balaban J connectivity index is 2.04. The van der Waals surface area contributed by atoms with Gasteiger partial charge in [-0.3, -0.25) is 20.0 Å². The van der Waals surface area contributed by atoms with Gasteiger partial charge in [-0.15, -0.1) is 0 Å². The van der Waals surface area contributed by atoms with E-state index in [4.69, 9.17) is 4.74 Å². The van der Waals surface area contributed by atoms with Crippen molar-refractivity contribution in [2.24, 2.45) is 4.99 Å². The molecule has 1 aliphatic heterocycles. The van der Waals surface area contributed by atoms with Crippen LogP contribution >= 0.6 is 0 Å². The van der Waals surface area contributed by atoms with Gasteiger partial charge in [0.25, 0.3) is 5.56 Å². The Bertz CT molecular complexity index is 750. The van der Waals surface area contributed by atoms with Gasteiger partial charge in [0, 0.05) is 17.4 Å². The van der Waals surface area contributed by atoms with Crippen molar-refractivity contribution >= 4 is 23.6 Å². The monoisotopic (exact) mass is 269 g/mol. The van der Waals surface area contributed by atoms with Crippen LogP contribution in [0.3, 0.4) is 0 Å². The van der Waals surface area contributed by atoms with Crippen LogP contribution in [0.1, 0.15) is 25.0 Å². The number of aromatic nitrogens is 2. The number of hydrogen-bond donors (Lipinski definition) is 2. The molecule has 2 N–H and O–H groups in total. The summed E-state index contributed by atoms with van der Waals surface area (Å²) in [5, 5.41) is 5.30.